The Labute approximate surface area is 81.5 Å². The van der Waals surface area contributed by atoms with Crippen molar-refractivity contribution < 1.29 is 4.79 Å². The van der Waals surface area contributed by atoms with Crippen LogP contribution in [0.1, 0.15) is 10.9 Å². The normalized spacial score (nSPS) is 11.3. The average molecular weight is 243 g/mol. The molecule has 1 aromatic rings. The molecular formula is C7H3BrN2OS. The molecule has 0 aromatic carbocycles. The Kier molecular flexibility index (Phi) is 3.18. The fourth-order valence-corrected chi connectivity index (χ4v) is 2.11. The molecule has 1 heterocycles. The minimum absolute atomic E-state index is 0.709. The van der Waals surface area contributed by atoms with Crippen LogP contribution in [0.15, 0.2) is 20.9 Å². The fourth-order valence-electron chi connectivity index (χ4n) is 0.680. The molecule has 1 aromatic heterocycles. The van der Waals surface area contributed by atoms with Gasteiger partial charge in [0.25, 0.3) is 0 Å². The zero-order chi connectivity index (χ0) is 8.97. The maximum atomic E-state index is 9.90. The summed E-state index contributed by atoms with van der Waals surface area (Å²) in [4.78, 5) is 14.0. The summed E-state index contributed by atoms with van der Waals surface area (Å²) in [6.07, 6.45) is 1.37. The van der Waals surface area contributed by atoms with Gasteiger partial charge in [-0.15, -0.1) is 11.3 Å². The van der Waals surface area contributed by atoms with Crippen molar-refractivity contribution in [2.45, 2.75) is 6.04 Å². The Morgan fingerprint density at radius 2 is 2.50 bits per heavy atom. The summed E-state index contributed by atoms with van der Waals surface area (Å²) in [6.45, 7) is 0. The number of aliphatic imine (C=N–C) groups is 1. The van der Waals surface area contributed by atoms with Gasteiger partial charge in [0.2, 0.25) is 6.08 Å². The number of rotatable bonds is 2. The van der Waals surface area contributed by atoms with Crippen LogP contribution in [0.3, 0.4) is 0 Å². The van der Waals surface area contributed by atoms with Gasteiger partial charge in [-0.1, -0.05) is 0 Å². The van der Waals surface area contributed by atoms with E-state index in [0.717, 1.165) is 9.35 Å². The highest BCUT2D eigenvalue weighted by Gasteiger charge is 2.10. The monoisotopic (exact) mass is 242 g/mol. The lowest BCUT2D eigenvalue weighted by molar-refractivity contribution is 0.561. The molecule has 0 saturated heterocycles. The molecule has 0 aliphatic rings. The molecule has 0 aliphatic carbocycles. The van der Waals surface area contributed by atoms with Gasteiger partial charge in [-0.05, 0) is 22.0 Å². The van der Waals surface area contributed by atoms with Crippen LogP contribution in [-0.2, 0) is 4.79 Å². The highest BCUT2D eigenvalue weighted by Crippen LogP contribution is 2.26. The SMILES string of the molecule is N#CC(N=C=O)c1cc(Br)cs1. The molecule has 0 spiro atoms. The number of nitriles is 1. The first-order valence-electron chi connectivity index (χ1n) is 2.98. The maximum absolute atomic E-state index is 9.90. The molecule has 0 amide bonds. The van der Waals surface area contributed by atoms with Crippen LogP contribution in [0.25, 0.3) is 0 Å². The van der Waals surface area contributed by atoms with Gasteiger partial charge in [0.15, 0.2) is 6.04 Å². The predicted molar refractivity (Wildman–Crippen MR) is 48.5 cm³/mol. The Hall–Kier alpha value is -0.950. The summed E-state index contributed by atoms with van der Waals surface area (Å²) in [5, 5.41) is 10.4. The van der Waals surface area contributed by atoms with Crippen molar-refractivity contribution in [3.05, 3.63) is 20.8 Å². The minimum Gasteiger partial charge on any atom is -0.211 e. The summed E-state index contributed by atoms with van der Waals surface area (Å²) in [7, 11) is 0. The molecule has 60 valence electrons. The van der Waals surface area contributed by atoms with Crippen molar-refractivity contribution in [2.75, 3.05) is 0 Å². The van der Waals surface area contributed by atoms with Crippen molar-refractivity contribution in [3.63, 3.8) is 0 Å². The third-order valence-corrected chi connectivity index (χ3v) is 2.91. The van der Waals surface area contributed by atoms with E-state index in [0.29, 0.717) is 0 Å². The molecule has 0 radical (unpaired) electrons. The molecular weight excluding hydrogens is 240 g/mol. The molecule has 0 aliphatic heterocycles. The van der Waals surface area contributed by atoms with Gasteiger partial charge in [0.1, 0.15) is 0 Å². The third kappa shape index (κ3) is 2.02. The van der Waals surface area contributed by atoms with E-state index in [1.165, 1.54) is 17.4 Å². The molecule has 0 saturated carbocycles. The van der Waals surface area contributed by atoms with Gasteiger partial charge in [0, 0.05) is 14.7 Å². The zero-order valence-corrected chi connectivity index (χ0v) is 8.22. The number of halogens is 1. The second-order valence-corrected chi connectivity index (χ2v) is 3.78. The molecule has 1 rings (SSSR count). The lowest BCUT2D eigenvalue weighted by Crippen LogP contribution is -1.85. The third-order valence-electron chi connectivity index (χ3n) is 1.16. The fraction of sp³-hybridized carbons (Fsp3) is 0.143. The van der Waals surface area contributed by atoms with Gasteiger partial charge in [-0.2, -0.15) is 10.3 Å². The van der Waals surface area contributed by atoms with E-state index < -0.39 is 6.04 Å². The number of carbonyl (C=O) groups excluding carboxylic acids is 1. The molecule has 3 nitrogen and oxygen atoms in total. The van der Waals surface area contributed by atoms with Gasteiger partial charge >= 0.3 is 0 Å². The van der Waals surface area contributed by atoms with Crippen LogP contribution in [0.2, 0.25) is 0 Å². The lowest BCUT2D eigenvalue weighted by atomic mass is 10.3. The Bertz CT molecular complexity index is 362. The van der Waals surface area contributed by atoms with Crippen LogP contribution in [-0.4, -0.2) is 6.08 Å². The van der Waals surface area contributed by atoms with E-state index in [1.54, 1.807) is 6.07 Å². The molecule has 0 fully saturated rings. The largest absolute Gasteiger partial charge is 0.236 e. The quantitative estimate of drug-likeness (QED) is 0.591. The van der Waals surface area contributed by atoms with Gasteiger partial charge in [-0.25, -0.2) is 4.79 Å². The molecule has 12 heavy (non-hydrogen) atoms. The second-order valence-electron chi connectivity index (χ2n) is 1.92. The molecule has 1 atom stereocenters. The standard InChI is InChI=1S/C7H3BrN2OS/c8-5-1-7(12-3-5)6(2-9)10-4-11/h1,3,6H. The maximum Gasteiger partial charge on any atom is 0.236 e. The summed E-state index contributed by atoms with van der Waals surface area (Å²) in [5.74, 6) is 0. The average Bonchev–Trinajstić information content (AvgIpc) is 2.47. The summed E-state index contributed by atoms with van der Waals surface area (Å²) in [6, 6.07) is 2.95. The number of thiophene rings is 1. The van der Waals surface area contributed by atoms with E-state index in [4.69, 9.17) is 5.26 Å². The molecule has 1 unspecified atom stereocenters. The van der Waals surface area contributed by atoms with Crippen molar-refractivity contribution in [1.82, 2.24) is 0 Å². The Balaban J connectivity index is 2.96. The van der Waals surface area contributed by atoms with Gasteiger partial charge in [0.05, 0.1) is 6.07 Å². The first-order chi connectivity index (χ1) is 5.77. The van der Waals surface area contributed by atoms with E-state index in [1.807, 2.05) is 11.4 Å². The van der Waals surface area contributed by atoms with Crippen molar-refractivity contribution in [2.24, 2.45) is 4.99 Å². The van der Waals surface area contributed by atoms with E-state index in [-0.39, 0.29) is 0 Å². The molecule has 0 N–H and O–H groups in total. The van der Waals surface area contributed by atoms with E-state index >= 15 is 0 Å². The van der Waals surface area contributed by atoms with Gasteiger partial charge < -0.3 is 0 Å². The van der Waals surface area contributed by atoms with E-state index in [9.17, 15) is 4.79 Å². The predicted octanol–water partition coefficient (Wildman–Crippen LogP) is 2.41. The first kappa shape index (κ1) is 9.14. The van der Waals surface area contributed by atoms with Crippen molar-refractivity contribution in [1.29, 1.82) is 5.26 Å². The van der Waals surface area contributed by atoms with Crippen molar-refractivity contribution >= 4 is 33.3 Å². The van der Waals surface area contributed by atoms with E-state index in [2.05, 4.69) is 20.9 Å². The second kappa shape index (κ2) is 4.17. The zero-order valence-electron chi connectivity index (χ0n) is 5.82. The Morgan fingerprint density at radius 3 is 2.92 bits per heavy atom. The van der Waals surface area contributed by atoms with Crippen LogP contribution < -0.4 is 0 Å². The first-order valence-corrected chi connectivity index (χ1v) is 4.65. The highest BCUT2D eigenvalue weighted by atomic mass is 79.9. The highest BCUT2D eigenvalue weighted by molar-refractivity contribution is 9.10. The summed E-state index contributed by atoms with van der Waals surface area (Å²) in [5.41, 5.74) is 0. The van der Waals surface area contributed by atoms with Crippen molar-refractivity contribution in [3.8, 4) is 6.07 Å². The van der Waals surface area contributed by atoms with Crippen LogP contribution in [0.4, 0.5) is 0 Å². The number of hydrogen-bond acceptors (Lipinski definition) is 4. The Morgan fingerprint density at radius 1 is 1.75 bits per heavy atom. The topological polar surface area (TPSA) is 53.2 Å². The molecule has 0 bridgehead atoms. The smallest absolute Gasteiger partial charge is 0.211 e. The van der Waals surface area contributed by atoms with Gasteiger partial charge in [-0.3, -0.25) is 0 Å². The minimum atomic E-state index is -0.709. The molecule has 5 heteroatoms. The summed E-state index contributed by atoms with van der Waals surface area (Å²) >= 11 is 4.62. The number of hydrogen-bond donors (Lipinski definition) is 0. The van der Waals surface area contributed by atoms with Crippen LogP contribution in [0.5, 0.6) is 0 Å². The lowest BCUT2D eigenvalue weighted by Gasteiger charge is -1.93. The number of isocyanates is 1. The summed E-state index contributed by atoms with van der Waals surface area (Å²) < 4.78 is 0.892. The van der Waals surface area contributed by atoms with Crippen LogP contribution >= 0.6 is 27.3 Å². The number of nitrogens with zero attached hydrogens (tertiary/aromatic N) is 2. The van der Waals surface area contributed by atoms with Crippen LogP contribution in [0, 0.1) is 11.3 Å².